The van der Waals surface area contributed by atoms with Crippen LogP contribution in [0.25, 0.3) is 88.3 Å². The first-order valence-electron chi connectivity index (χ1n) is 23.0. The van der Waals surface area contributed by atoms with Crippen LogP contribution in [-0.4, -0.2) is 4.57 Å². The number of allylic oxidation sites excluding steroid dienone is 4. The van der Waals surface area contributed by atoms with Crippen LogP contribution in [0.15, 0.2) is 261 Å². The van der Waals surface area contributed by atoms with E-state index in [2.05, 4.69) is 264 Å². The Morgan fingerprint density at radius 2 is 0.894 bits per heavy atom. The molecule has 1 aromatic heterocycles. The highest BCUT2D eigenvalue weighted by Gasteiger charge is 2.24. The zero-order valence-electron chi connectivity index (χ0n) is 36.6. The van der Waals surface area contributed by atoms with E-state index < -0.39 is 0 Å². The number of nitrogens with zero attached hydrogens (tertiary/aromatic N) is 2. The molecule has 0 N–H and O–H groups in total. The summed E-state index contributed by atoms with van der Waals surface area (Å²) < 4.78 is 2.52. The molecule has 0 fully saturated rings. The Labute approximate surface area is 386 Å². The lowest BCUT2D eigenvalue weighted by Gasteiger charge is -2.32. The van der Waals surface area contributed by atoms with E-state index in [-0.39, 0.29) is 0 Å². The summed E-state index contributed by atoms with van der Waals surface area (Å²) in [6.45, 7) is 0. The quantitative estimate of drug-likeness (QED) is 0.141. The number of para-hydroxylation sites is 2. The van der Waals surface area contributed by atoms with Crippen LogP contribution in [0.1, 0.15) is 18.4 Å². The lowest BCUT2D eigenvalue weighted by Crippen LogP contribution is -2.19. The number of aromatic nitrogens is 1. The van der Waals surface area contributed by atoms with Crippen molar-refractivity contribution in [2.45, 2.75) is 12.8 Å². The van der Waals surface area contributed by atoms with E-state index in [9.17, 15) is 0 Å². The Morgan fingerprint density at radius 3 is 1.58 bits per heavy atom. The van der Waals surface area contributed by atoms with Gasteiger partial charge in [-0.05, 0) is 105 Å². The molecule has 0 atom stereocenters. The molecule has 0 amide bonds. The Balaban J connectivity index is 1.00. The molecule has 66 heavy (non-hydrogen) atoms. The topological polar surface area (TPSA) is 8.17 Å². The zero-order chi connectivity index (χ0) is 43.8. The monoisotopic (exact) mass is 842 g/mol. The van der Waals surface area contributed by atoms with Gasteiger partial charge in [0.15, 0.2) is 0 Å². The lowest BCUT2D eigenvalue weighted by molar-refractivity contribution is 0.929. The summed E-state index contributed by atoms with van der Waals surface area (Å²) in [5.74, 6) is 0. The van der Waals surface area contributed by atoms with Crippen LogP contribution >= 0.6 is 0 Å². The van der Waals surface area contributed by atoms with E-state index in [1.807, 2.05) is 0 Å². The molecule has 12 rings (SSSR count). The van der Waals surface area contributed by atoms with Gasteiger partial charge in [0.05, 0.1) is 22.4 Å². The molecule has 10 aromatic carbocycles. The molecule has 0 spiro atoms. The van der Waals surface area contributed by atoms with E-state index in [1.165, 1.54) is 99.6 Å². The van der Waals surface area contributed by atoms with Gasteiger partial charge in [-0.2, -0.15) is 0 Å². The standard InChI is InChI=1S/C64H46N2/c1-4-16-45(17-5-1)47-28-30-48(31-29-47)49-32-38-54(39-33-49)65(61-26-14-12-23-56(61)50-20-8-3-9-21-50)55-40-34-52(35-41-55)60-44-53(46-18-6-2-7-19-46)37-43-63(60)66-62-27-15-13-25-58(62)59-42-36-51-22-10-11-24-57(51)64(59)66/h1-34,36-40,42-44H,35,41H2. The third-order valence-corrected chi connectivity index (χ3v) is 13.3. The summed E-state index contributed by atoms with van der Waals surface area (Å²) in [6.07, 6.45) is 6.50. The van der Waals surface area contributed by atoms with Crippen LogP contribution in [0.4, 0.5) is 11.4 Å². The van der Waals surface area contributed by atoms with Crippen molar-refractivity contribution in [2.24, 2.45) is 0 Å². The van der Waals surface area contributed by atoms with Crippen molar-refractivity contribution in [3.05, 3.63) is 266 Å². The van der Waals surface area contributed by atoms with Crippen LogP contribution in [-0.2, 0) is 0 Å². The Morgan fingerprint density at radius 1 is 0.348 bits per heavy atom. The SMILES string of the molecule is C1=C(c2cc(-c3ccccc3)ccc2-n2c3ccccc3c3ccc4ccccc4c32)CCC(N(c2ccc(-c3ccc(-c4ccccc4)cc3)cc2)c2ccccc2-c2ccccc2)=C1. The van der Waals surface area contributed by atoms with Crippen molar-refractivity contribution in [1.82, 2.24) is 4.57 Å². The molecule has 1 heterocycles. The van der Waals surface area contributed by atoms with Gasteiger partial charge < -0.3 is 9.47 Å². The molecular weight excluding hydrogens is 797 g/mol. The van der Waals surface area contributed by atoms with Gasteiger partial charge >= 0.3 is 0 Å². The largest absolute Gasteiger partial charge is 0.314 e. The number of benzene rings is 10. The van der Waals surface area contributed by atoms with Crippen molar-refractivity contribution >= 4 is 49.5 Å². The Hall–Kier alpha value is -8.46. The number of rotatable bonds is 9. The molecule has 0 unspecified atom stereocenters. The molecule has 0 aliphatic heterocycles. The van der Waals surface area contributed by atoms with Gasteiger partial charge in [-0.1, -0.05) is 212 Å². The molecule has 11 aromatic rings. The van der Waals surface area contributed by atoms with E-state index in [0.29, 0.717) is 0 Å². The summed E-state index contributed by atoms with van der Waals surface area (Å²) in [5.41, 5.74) is 19.4. The summed E-state index contributed by atoms with van der Waals surface area (Å²) in [4.78, 5) is 2.48. The first-order chi connectivity index (χ1) is 32.7. The second-order valence-electron chi connectivity index (χ2n) is 17.2. The van der Waals surface area contributed by atoms with Crippen LogP contribution < -0.4 is 4.90 Å². The average Bonchev–Trinajstić information content (AvgIpc) is 3.75. The summed E-state index contributed by atoms with van der Waals surface area (Å²) in [7, 11) is 0. The van der Waals surface area contributed by atoms with E-state index in [1.54, 1.807) is 0 Å². The second kappa shape index (κ2) is 16.9. The number of hydrogen-bond acceptors (Lipinski definition) is 1. The molecule has 0 radical (unpaired) electrons. The molecular formula is C64H46N2. The average molecular weight is 843 g/mol. The van der Waals surface area contributed by atoms with Gasteiger partial charge in [0.2, 0.25) is 0 Å². The lowest BCUT2D eigenvalue weighted by atomic mass is 9.90. The third kappa shape index (κ3) is 7.10. The van der Waals surface area contributed by atoms with Crippen LogP contribution in [0.5, 0.6) is 0 Å². The highest BCUT2D eigenvalue weighted by atomic mass is 15.2. The maximum absolute atomic E-state index is 2.52. The Kier molecular flexibility index (Phi) is 10.0. The predicted octanol–water partition coefficient (Wildman–Crippen LogP) is 17.5. The maximum atomic E-state index is 2.52. The van der Waals surface area contributed by atoms with Gasteiger partial charge in [0.25, 0.3) is 0 Å². The molecule has 0 bridgehead atoms. The van der Waals surface area contributed by atoms with Crippen molar-refractivity contribution < 1.29 is 0 Å². The highest BCUT2D eigenvalue weighted by molar-refractivity contribution is 6.18. The molecule has 2 heteroatoms. The summed E-state index contributed by atoms with van der Waals surface area (Å²) in [5, 5.41) is 5.03. The smallest absolute Gasteiger partial charge is 0.0619 e. The predicted molar refractivity (Wildman–Crippen MR) is 280 cm³/mol. The highest BCUT2D eigenvalue weighted by Crippen LogP contribution is 2.44. The van der Waals surface area contributed by atoms with Gasteiger partial charge in [0.1, 0.15) is 0 Å². The molecule has 1 aliphatic carbocycles. The number of anilines is 2. The van der Waals surface area contributed by atoms with Crippen LogP contribution in [0, 0.1) is 0 Å². The Bertz CT molecular complexity index is 3600. The maximum Gasteiger partial charge on any atom is 0.0619 e. The fourth-order valence-corrected chi connectivity index (χ4v) is 10.1. The summed E-state index contributed by atoms with van der Waals surface area (Å²) in [6, 6.07) is 88.4. The van der Waals surface area contributed by atoms with Crippen molar-refractivity contribution in [1.29, 1.82) is 0 Å². The van der Waals surface area contributed by atoms with Gasteiger partial charge in [0, 0.05) is 38.7 Å². The van der Waals surface area contributed by atoms with Crippen molar-refractivity contribution in [3.63, 3.8) is 0 Å². The van der Waals surface area contributed by atoms with E-state index in [4.69, 9.17) is 0 Å². The van der Waals surface area contributed by atoms with Gasteiger partial charge in [-0.25, -0.2) is 0 Å². The first-order valence-corrected chi connectivity index (χ1v) is 23.0. The van der Waals surface area contributed by atoms with Crippen LogP contribution in [0.2, 0.25) is 0 Å². The van der Waals surface area contributed by atoms with E-state index in [0.717, 1.165) is 24.2 Å². The molecule has 2 nitrogen and oxygen atoms in total. The molecule has 0 saturated heterocycles. The normalized spacial score (nSPS) is 12.6. The zero-order valence-corrected chi connectivity index (χ0v) is 36.6. The van der Waals surface area contributed by atoms with Gasteiger partial charge in [-0.15, -0.1) is 0 Å². The number of hydrogen-bond donors (Lipinski definition) is 0. The molecule has 1 aliphatic rings. The van der Waals surface area contributed by atoms with Crippen LogP contribution in [0.3, 0.4) is 0 Å². The number of fused-ring (bicyclic) bond motifs is 5. The minimum atomic E-state index is 0.864. The fraction of sp³-hybridized carbons (Fsp3) is 0.0312. The van der Waals surface area contributed by atoms with Crippen molar-refractivity contribution in [2.75, 3.05) is 4.90 Å². The fourth-order valence-electron chi connectivity index (χ4n) is 10.1. The molecule has 0 saturated carbocycles. The first kappa shape index (κ1) is 39.2. The summed E-state index contributed by atoms with van der Waals surface area (Å²) >= 11 is 0. The second-order valence-corrected chi connectivity index (χ2v) is 17.2. The van der Waals surface area contributed by atoms with Gasteiger partial charge in [-0.3, -0.25) is 0 Å². The minimum absolute atomic E-state index is 0.864. The third-order valence-electron chi connectivity index (χ3n) is 13.3. The minimum Gasteiger partial charge on any atom is -0.314 e. The van der Waals surface area contributed by atoms with Crippen molar-refractivity contribution in [3.8, 4) is 50.2 Å². The molecule has 312 valence electrons. The van der Waals surface area contributed by atoms with E-state index >= 15 is 0 Å².